The van der Waals surface area contributed by atoms with Crippen LogP contribution in [0.2, 0.25) is 0 Å². The van der Waals surface area contributed by atoms with Gasteiger partial charge in [0.05, 0.1) is 11.4 Å². The summed E-state index contributed by atoms with van der Waals surface area (Å²) in [5.41, 5.74) is 1.04. The van der Waals surface area contributed by atoms with Gasteiger partial charge in [-0.2, -0.15) is 0 Å². The maximum absolute atomic E-state index is 11.6. The van der Waals surface area contributed by atoms with Crippen molar-refractivity contribution in [1.29, 1.82) is 0 Å². The van der Waals surface area contributed by atoms with E-state index in [4.69, 9.17) is 0 Å². The Kier molecular flexibility index (Phi) is 8.40. The highest BCUT2D eigenvalue weighted by Crippen LogP contribution is 2.10. The summed E-state index contributed by atoms with van der Waals surface area (Å²) in [6, 6.07) is 6.88. The summed E-state index contributed by atoms with van der Waals surface area (Å²) in [5, 5.41) is 6.35. The first-order valence-corrected chi connectivity index (χ1v) is 10.1. The molecule has 25 heavy (non-hydrogen) atoms. The summed E-state index contributed by atoms with van der Waals surface area (Å²) in [6.07, 6.45) is 2.31. The van der Waals surface area contributed by atoms with E-state index in [1.165, 1.54) is 6.26 Å². The molecule has 0 saturated carbocycles. The minimum absolute atomic E-state index is 0.0468. The number of nitrogens with one attached hydrogen (secondary N) is 2. The van der Waals surface area contributed by atoms with Gasteiger partial charge in [-0.05, 0) is 31.0 Å². The van der Waals surface area contributed by atoms with Crippen LogP contribution in [0.5, 0.6) is 0 Å². The molecule has 1 amide bonds. The van der Waals surface area contributed by atoms with Crippen LogP contribution < -0.4 is 10.6 Å². The van der Waals surface area contributed by atoms with Gasteiger partial charge in [-0.25, -0.2) is 8.42 Å². The number of rotatable bonds is 8. The van der Waals surface area contributed by atoms with Gasteiger partial charge in [-0.3, -0.25) is 9.79 Å². The van der Waals surface area contributed by atoms with Crippen molar-refractivity contribution in [1.82, 2.24) is 15.5 Å². The van der Waals surface area contributed by atoms with Crippen molar-refractivity contribution < 1.29 is 13.2 Å². The number of benzene rings is 1. The van der Waals surface area contributed by atoms with Crippen molar-refractivity contribution in [2.75, 3.05) is 40.0 Å². The fourth-order valence-corrected chi connectivity index (χ4v) is 2.69. The molecule has 8 heteroatoms. The zero-order valence-corrected chi connectivity index (χ0v) is 16.2. The molecule has 0 heterocycles. The van der Waals surface area contributed by atoms with Crippen LogP contribution in [0.1, 0.15) is 18.9 Å². The van der Waals surface area contributed by atoms with E-state index < -0.39 is 9.84 Å². The second-order valence-electron chi connectivity index (χ2n) is 5.89. The second kappa shape index (κ2) is 10.0. The SMILES string of the molecule is CCNC(=NCCC(=O)N(C)C)NCCc1ccc(S(C)(=O)=O)cc1. The van der Waals surface area contributed by atoms with Crippen molar-refractivity contribution in [3.8, 4) is 0 Å². The smallest absolute Gasteiger partial charge is 0.223 e. The van der Waals surface area contributed by atoms with E-state index in [-0.39, 0.29) is 5.91 Å². The van der Waals surface area contributed by atoms with Crippen LogP contribution in [-0.4, -0.2) is 65.2 Å². The van der Waals surface area contributed by atoms with Crippen LogP contribution in [0.3, 0.4) is 0 Å². The highest BCUT2D eigenvalue weighted by atomic mass is 32.2. The minimum atomic E-state index is -3.16. The van der Waals surface area contributed by atoms with Gasteiger partial charge in [0.2, 0.25) is 5.91 Å². The molecule has 0 fully saturated rings. The largest absolute Gasteiger partial charge is 0.357 e. The average molecular weight is 369 g/mol. The fourth-order valence-electron chi connectivity index (χ4n) is 2.06. The Morgan fingerprint density at radius 1 is 1.16 bits per heavy atom. The molecule has 0 saturated heterocycles. The molecule has 0 atom stereocenters. The maximum Gasteiger partial charge on any atom is 0.223 e. The van der Waals surface area contributed by atoms with Crippen molar-refractivity contribution in [2.45, 2.75) is 24.7 Å². The molecule has 7 nitrogen and oxygen atoms in total. The van der Waals surface area contributed by atoms with Crippen molar-refractivity contribution in [2.24, 2.45) is 4.99 Å². The van der Waals surface area contributed by atoms with Gasteiger partial charge in [-0.15, -0.1) is 0 Å². The van der Waals surface area contributed by atoms with E-state index >= 15 is 0 Å². The van der Waals surface area contributed by atoms with Gasteiger partial charge >= 0.3 is 0 Å². The first kappa shape index (κ1) is 21.0. The van der Waals surface area contributed by atoms with E-state index in [1.807, 2.05) is 19.1 Å². The summed E-state index contributed by atoms with van der Waals surface area (Å²) < 4.78 is 22.9. The summed E-state index contributed by atoms with van der Waals surface area (Å²) in [6.45, 7) is 3.80. The zero-order chi connectivity index (χ0) is 18.9. The molecule has 1 rings (SSSR count). The van der Waals surface area contributed by atoms with Gasteiger partial charge in [0.15, 0.2) is 15.8 Å². The summed E-state index contributed by atoms with van der Waals surface area (Å²) in [4.78, 5) is 17.8. The van der Waals surface area contributed by atoms with Crippen LogP contribution in [0.15, 0.2) is 34.2 Å². The molecule has 0 unspecified atom stereocenters. The van der Waals surface area contributed by atoms with Crippen molar-refractivity contribution in [3.63, 3.8) is 0 Å². The molecule has 140 valence electrons. The van der Waals surface area contributed by atoms with Crippen molar-refractivity contribution in [3.05, 3.63) is 29.8 Å². The number of sulfone groups is 1. The normalized spacial score (nSPS) is 11.9. The van der Waals surface area contributed by atoms with E-state index in [2.05, 4.69) is 15.6 Å². The molecule has 0 radical (unpaired) electrons. The van der Waals surface area contributed by atoms with Crippen LogP contribution in [0.25, 0.3) is 0 Å². The van der Waals surface area contributed by atoms with Gasteiger partial charge in [0.1, 0.15) is 0 Å². The van der Waals surface area contributed by atoms with E-state index in [1.54, 1.807) is 31.1 Å². The number of aliphatic imine (C=N–C) groups is 1. The molecule has 2 N–H and O–H groups in total. The summed E-state index contributed by atoms with van der Waals surface area (Å²) in [5.74, 6) is 0.715. The van der Waals surface area contributed by atoms with Gasteiger partial charge in [0.25, 0.3) is 0 Å². The minimum Gasteiger partial charge on any atom is -0.357 e. The standard InChI is InChI=1S/C17H28N4O3S/c1-5-18-17(20-13-11-16(22)21(2)3)19-12-10-14-6-8-15(9-7-14)25(4,23)24/h6-9H,5,10-13H2,1-4H3,(H2,18,19,20). The summed E-state index contributed by atoms with van der Waals surface area (Å²) >= 11 is 0. The molecule has 0 bridgehead atoms. The first-order valence-electron chi connectivity index (χ1n) is 8.25. The molecule has 1 aromatic carbocycles. The topological polar surface area (TPSA) is 90.9 Å². The van der Waals surface area contributed by atoms with Gasteiger partial charge < -0.3 is 15.5 Å². The third kappa shape index (κ3) is 8.02. The molecule has 0 aliphatic rings. The monoisotopic (exact) mass is 368 g/mol. The Hall–Kier alpha value is -2.09. The Morgan fingerprint density at radius 3 is 2.32 bits per heavy atom. The predicted octanol–water partition coefficient (Wildman–Crippen LogP) is 0.666. The molecule has 0 aliphatic carbocycles. The third-order valence-electron chi connectivity index (χ3n) is 3.50. The Labute approximate surface area is 150 Å². The lowest BCUT2D eigenvalue weighted by Gasteiger charge is -2.12. The predicted molar refractivity (Wildman–Crippen MR) is 101 cm³/mol. The molecule has 1 aromatic rings. The van der Waals surface area contributed by atoms with Gasteiger partial charge in [0, 0.05) is 39.9 Å². The lowest BCUT2D eigenvalue weighted by Crippen LogP contribution is -2.38. The highest BCUT2D eigenvalue weighted by Gasteiger charge is 2.06. The molecular weight excluding hydrogens is 340 g/mol. The van der Waals surface area contributed by atoms with E-state index in [9.17, 15) is 13.2 Å². The van der Waals surface area contributed by atoms with Crippen LogP contribution in [0, 0.1) is 0 Å². The average Bonchev–Trinajstić information content (AvgIpc) is 2.54. The number of amides is 1. The third-order valence-corrected chi connectivity index (χ3v) is 4.62. The van der Waals surface area contributed by atoms with Crippen LogP contribution in [0.4, 0.5) is 0 Å². The van der Waals surface area contributed by atoms with Crippen LogP contribution >= 0.6 is 0 Å². The number of nitrogens with zero attached hydrogens (tertiary/aromatic N) is 2. The Balaban J connectivity index is 2.50. The van der Waals surface area contributed by atoms with Gasteiger partial charge in [-0.1, -0.05) is 12.1 Å². The second-order valence-corrected chi connectivity index (χ2v) is 7.91. The molecular formula is C17H28N4O3S. The van der Waals surface area contributed by atoms with Crippen LogP contribution in [-0.2, 0) is 21.1 Å². The lowest BCUT2D eigenvalue weighted by molar-refractivity contribution is -0.128. The molecule has 0 aliphatic heterocycles. The fraction of sp³-hybridized carbons (Fsp3) is 0.529. The number of carbonyl (C=O) groups excluding carboxylic acids is 1. The van der Waals surface area contributed by atoms with E-state index in [0.717, 1.165) is 18.5 Å². The Morgan fingerprint density at radius 2 is 1.80 bits per heavy atom. The number of carbonyl (C=O) groups is 1. The number of hydrogen-bond acceptors (Lipinski definition) is 4. The molecule has 0 spiro atoms. The molecule has 0 aromatic heterocycles. The Bertz CT molecular complexity index is 682. The lowest BCUT2D eigenvalue weighted by atomic mass is 10.1. The highest BCUT2D eigenvalue weighted by molar-refractivity contribution is 7.90. The number of hydrogen-bond donors (Lipinski definition) is 2. The zero-order valence-electron chi connectivity index (χ0n) is 15.4. The quantitative estimate of drug-likeness (QED) is 0.520. The first-order chi connectivity index (χ1) is 11.7. The van der Waals surface area contributed by atoms with Crippen molar-refractivity contribution >= 4 is 21.7 Å². The number of guanidine groups is 1. The maximum atomic E-state index is 11.6. The summed E-state index contributed by atoms with van der Waals surface area (Å²) in [7, 11) is 0.293. The van der Waals surface area contributed by atoms with E-state index in [0.29, 0.717) is 30.4 Å².